The van der Waals surface area contributed by atoms with Crippen LogP contribution in [-0.2, 0) is 16.6 Å². The van der Waals surface area contributed by atoms with Crippen molar-refractivity contribution in [2.24, 2.45) is 0 Å². The molecule has 0 aliphatic carbocycles. The van der Waals surface area contributed by atoms with Crippen LogP contribution in [0.5, 0.6) is 5.75 Å². The van der Waals surface area contributed by atoms with Gasteiger partial charge >= 0.3 is 0 Å². The average molecular weight is 397 g/mol. The van der Waals surface area contributed by atoms with Gasteiger partial charge in [-0.3, -0.25) is 4.79 Å². The van der Waals surface area contributed by atoms with Crippen LogP contribution in [-0.4, -0.2) is 27.5 Å². The van der Waals surface area contributed by atoms with Crippen molar-refractivity contribution < 1.29 is 17.9 Å². The van der Waals surface area contributed by atoms with E-state index < -0.39 is 15.9 Å². The standard InChI is InChI=1S/C18H21ClN2O4S/c1-12(2)21-18(22)16-10-15(8-9-17(16)25-3)26(23,24)20-11-13-4-6-14(19)7-5-13/h4-10,12,20H,11H2,1-3H3,(H,21,22). The van der Waals surface area contributed by atoms with Crippen LogP contribution in [0.3, 0.4) is 0 Å². The van der Waals surface area contributed by atoms with E-state index in [1.165, 1.54) is 25.3 Å². The Kier molecular flexibility index (Phi) is 6.63. The topological polar surface area (TPSA) is 84.5 Å². The van der Waals surface area contributed by atoms with Gasteiger partial charge in [0.15, 0.2) is 0 Å². The maximum Gasteiger partial charge on any atom is 0.255 e. The molecule has 0 unspecified atom stereocenters. The zero-order valence-corrected chi connectivity index (χ0v) is 16.3. The van der Waals surface area contributed by atoms with E-state index in [0.717, 1.165) is 5.56 Å². The number of ether oxygens (including phenoxy) is 1. The second-order valence-electron chi connectivity index (χ2n) is 5.94. The third kappa shape index (κ3) is 5.20. The summed E-state index contributed by atoms with van der Waals surface area (Å²) in [6.07, 6.45) is 0. The van der Waals surface area contributed by atoms with Gasteiger partial charge in [0.05, 0.1) is 17.6 Å². The van der Waals surface area contributed by atoms with E-state index in [2.05, 4.69) is 10.0 Å². The van der Waals surface area contributed by atoms with Crippen LogP contribution in [0, 0.1) is 0 Å². The highest BCUT2D eigenvalue weighted by atomic mass is 35.5. The lowest BCUT2D eigenvalue weighted by Crippen LogP contribution is -2.31. The Morgan fingerprint density at radius 2 is 1.81 bits per heavy atom. The number of sulfonamides is 1. The number of benzene rings is 2. The minimum atomic E-state index is -3.80. The Bertz CT molecular complexity index is 881. The van der Waals surface area contributed by atoms with Crippen molar-refractivity contribution in [2.75, 3.05) is 7.11 Å². The van der Waals surface area contributed by atoms with Gasteiger partial charge in [0.1, 0.15) is 5.75 Å². The highest BCUT2D eigenvalue weighted by Gasteiger charge is 2.20. The smallest absolute Gasteiger partial charge is 0.255 e. The Morgan fingerprint density at radius 1 is 1.15 bits per heavy atom. The van der Waals surface area contributed by atoms with Crippen LogP contribution in [0.4, 0.5) is 0 Å². The zero-order chi connectivity index (χ0) is 19.3. The quantitative estimate of drug-likeness (QED) is 0.753. The van der Waals surface area contributed by atoms with Crippen molar-refractivity contribution in [2.45, 2.75) is 31.3 Å². The maximum absolute atomic E-state index is 12.6. The third-order valence-corrected chi connectivity index (χ3v) is 5.18. The largest absolute Gasteiger partial charge is 0.496 e. The Balaban J connectivity index is 2.25. The van der Waals surface area contributed by atoms with Crippen molar-refractivity contribution in [3.63, 3.8) is 0 Å². The van der Waals surface area contributed by atoms with Crippen LogP contribution in [0.2, 0.25) is 5.02 Å². The second-order valence-corrected chi connectivity index (χ2v) is 8.14. The van der Waals surface area contributed by atoms with E-state index in [-0.39, 0.29) is 23.0 Å². The van der Waals surface area contributed by atoms with Crippen LogP contribution in [0.15, 0.2) is 47.4 Å². The summed E-state index contributed by atoms with van der Waals surface area (Å²) in [5.74, 6) is -0.0913. The van der Waals surface area contributed by atoms with Gasteiger partial charge in [0, 0.05) is 17.6 Å². The summed E-state index contributed by atoms with van der Waals surface area (Å²) >= 11 is 5.82. The van der Waals surface area contributed by atoms with Gasteiger partial charge in [-0.25, -0.2) is 13.1 Å². The molecule has 0 aromatic heterocycles. The molecule has 0 spiro atoms. The van der Waals surface area contributed by atoms with Crippen LogP contribution >= 0.6 is 11.6 Å². The first-order chi connectivity index (χ1) is 12.2. The predicted octanol–water partition coefficient (Wildman–Crippen LogP) is 2.97. The molecule has 2 aromatic carbocycles. The Labute approximate surface area is 158 Å². The predicted molar refractivity (Wildman–Crippen MR) is 101 cm³/mol. The first-order valence-electron chi connectivity index (χ1n) is 7.96. The molecule has 8 heteroatoms. The number of hydrogen-bond donors (Lipinski definition) is 2. The van der Waals surface area contributed by atoms with E-state index in [4.69, 9.17) is 16.3 Å². The van der Waals surface area contributed by atoms with Crippen LogP contribution < -0.4 is 14.8 Å². The summed E-state index contributed by atoms with van der Waals surface area (Å²) in [6, 6.07) is 10.9. The molecule has 140 valence electrons. The average Bonchev–Trinajstić information content (AvgIpc) is 2.60. The van der Waals surface area contributed by atoms with Gasteiger partial charge in [0.25, 0.3) is 5.91 Å². The van der Waals surface area contributed by atoms with E-state index in [9.17, 15) is 13.2 Å². The fraction of sp³-hybridized carbons (Fsp3) is 0.278. The van der Waals surface area contributed by atoms with Gasteiger partial charge in [-0.1, -0.05) is 23.7 Å². The monoisotopic (exact) mass is 396 g/mol. The number of amides is 1. The Morgan fingerprint density at radius 3 is 2.38 bits per heavy atom. The molecule has 2 rings (SSSR count). The summed E-state index contributed by atoms with van der Waals surface area (Å²) in [5, 5.41) is 3.31. The molecule has 0 aliphatic rings. The third-order valence-electron chi connectivity index (χ3n) is 3.53. The molecule has 0 fully saturated rings. The number of carbonyl (C=O) groups is 1. The first kappa shape index (κ1) is 20.2. The van der Waals surface area contributed by atoms with E-state index in [1.807, 2.05) is 13.8 Å². The van der Waals surface area contributed by atoms with Gasteiger partial charge in [0.2, 0.25) is 10.0 Å². The fourth-order valence-electron chi connectivity index (χ4n) is 2.24. The molecule has 0 saturated carbocycles. The highest BCUT2D eigenvalue weighted by Crippen LogP contribution is 2.23. The molecule has 0 aliphatic heterocycles. The zero-order valence-electron chi connectivity index (χ0n) is 14.7. The molecule has 6 nitrogen and oxygen atoms in total. The molecule has 26 heavy (non-hydrogen) atoms. The maximum atomic E-state index is 12.6. The Hall–Kier alpha value is -2.09. The number of hydrogen-bond acceptors (Lipinski definition) is 4. The normalized spacial score (nSPS) is 11.4. The minimum absolute atomic E-state index is 0.0128. The molecule has 0 bridgehead atoms. The lowest BCUT2D eigenvalue weighted by molar-refractivity contribution is 0.0940. The lowest BCUT2D eigenvalue weighted by Gasteiger charge is -2.13. The highest BCUT2D eigenvalue weighted by molar-refractivity contribution is 7.89. The van der Waals surface area contributed by atoms with E-state index in [1.54, 1.807) is 24.3 Å². The fourth-order valence-corrected chi connectivity index (χ4v) is 3.41. The number of halogens is 1. The van der Waals surface area contributed by atoms with Gasteiger partial charge in [-0.05, 0) is 49.7 Å². The molecular weight excluding hydrogens is 376 g/mol. The lowest BCUT2D eigenvalue weighted by atomic mass is 10.2. The van der Waals surface area contributed by atoms with E-state index >= 15 is 0 Å². The molecule has 2 N–H and O–H groups in total. The van der Waals surface area contributed by atoms with Crippen molar-refractivity contribution >= 4 is 27.5 Å². The molecule has 2 aromatic rings. The van der Waals surface area contributed by atoms with Crippen molar-refractivity contribution in [3.8, 4) is 5.75 Å². The van der Waals surface area contributed by atoms with Crippen LogP contribution in [0.1, 0.15) is 29.8 Å². The van der Waals surface area contributed by atoms with E-state index in [0.29, 0.717) is 10.8 Å². The van der Waals surface area contributed by atoms with Gasteiger partial charge in [-0.15, -0.1) is 0 Å². The van der Waals surface area contributed by atoms with Gasteiger partial charge < -0.3 is 10.1 Å². The first-order valence-corrected chi connectivity index (χ1v) is 9.82. The van der Waals surface area contributed by atoms with Crippen LogP contribution in [0.25, 0.3) is 0 Å². The number of carbonyl (C=O) groups excluding carboxylic acids is 1. The summed E-state index contributed by atoms with van der Waals surface area (Å²) in [4.78, 5) is 12.3. The molecule has 1 amide bonds. The molecular formula is C18H21ClN2O4S. The summed E-state index contributed by atoms with van der Waals surface area (Å²) in [6.45, 7) is 3.75. The van der Waals surface area contributed by atoms with Crippen molar-refractivity contribution in [1.29, 1.82) is 0 Å². The second kappa shape index (κ2) is 8.53. The van der Waals surface area contributed by atoms with Gasteiger partial charge in [-0.2, -0.15) is 0 Å². The summed E-state index contributed by atoms with van der Waals surface area (Å²) in [5.41, 5.74) is 0.930. The number of nitrogens with one attached hydrogen (secondary N) is 2. The summed E-state index contributed by atoms with van der Waals surface area (Å²) < 4.78 is 32.8. The molecule has 0 atom stereocenters. The SMILES string of the molecule is COc1ccc(S(=O)(=O)NCc2ccc(Cl)cc2)cc1C(=O)NC(C)C. The molecule has 0 heterocycles. The van der Waals surface area contributed by atoms with Crippen molar-refractivity contribution in [3.05, 3.63) is 58.6 Å². The number of rotatable bonds is 7. The van der Waals surface area contributed by atoms with Crippen molar-refractivity contribution in [1.82, 2.24) is 10.0 Å². The molecule has 0 saturated heterocycles. The molecule has 0 radical (unpaired) electrons. The minimum Gasteiger partial charge on any atom is -0.496 e. The number of methoxy groups -OCH3 is 1. The summed E-state index contributed by atoms with van der Waals surface area (Å²) in [7, 11) is -2.37.